The van der Waals surface area contributed by atoms with E-state index in [9.17, 15) is 9.59 Å². The maximum absolute atomic E-state index is 11.6. The van der Waals surface area contributed by atoms with Gasteiger partial charge in [0.15, 0.2) is 6.61 Å². The van der Waals surface area contributed by atoms with Crippen LogP contribution < -0.4 is 16.2 Å². The number of nitrogens with two attached hydrogens (primary N) is 2. The molecule has 1 heterocycles. The quantitative estimate of drug-likeness (QED) is 0.552. The van der Waals surface area contributed by atoms with Crippen molar-refractivity contribution < 1.29 is 19.4 Å². The Kier molecular flexibility index (Phi) is 5.03. The number of amides is 1. The normalized spacial score (nSPS) is 10.9. The van der Waals surface area contributed by atoms with Crippen LogP contribution in [0.25, 0.3) is 10.9 Å². The number of carboxylic acids is 1. The molecular formula is C20H21N3O4. The van der Waals surface area contributed by atoms with Crippen LogP contribution >= 0.6 is 0 Å². The lowest BCUT2D eigenvalue weighted by Gasteiger charge is -2.10. The molecule has 0 aliphatic heterocycles. The number of carbonyl (C=O) groups is 2. The van der Waals surface area contributed by atoms with Gasteiger partial charge in [0.1, 0.15) is 5.75 Å². The van der Waals surface area contributed by atoms with E-state index in [1.54, 1.807) is 12.1 Å². The van der Waals surface area contributed by atoms with Crippen molar-refractivity contribution in [3.05, 3.63) is 59.3 Å². The third-order valence-corrected chi connectivity index (χ3v) is 4.42. The topological polar surface area (TPSA) is 121 Å². The summed E-state index contributed by atoms with van der Waals surface area (Å²) in [6.45, 7) is 1.97. The molecule has 0 saturated heterocycles. The highest BCUT2D eigenvalue weighted by Gasteiger charge is 2.20. The van der Waals surface area contributed by atoms with Crippen molar-refractivity contribution in [2.45, 2.75) is 19.9 Å². The molecular weight excluding hydrogens is 346 g/mol. The van der Waals surface area contributed by atoms with Gasteiger partial charge in [-0.3, -0.25) is 4.79 Å². The Labute approximate surface area is 156 Å². The number of nitrogen functional groups attached to an aromatic ring is 1. The van der Waals surface area contributed by atoms with Crippen LogP contribution in [0.3, 0.4) is 0 Å². The SMILES string of the molecule is Cc1c(CC(N)=O)c2c(OCC(=O)O)cc(N)cc2n1Cc1ccccc1. The Bertz CT molecular complexity index is 1010. The third kappa shape index (κ3) is 3.87. The van der Waals surface area contributed by atoms with Crippen molar-refractivity contribution in [3.63, 3.8) is 0 Å². The van der Waals surface area contributed by atoms with Crippen molar-refractivity contribution >= 4 is 28.5 Å². The Balaban J connectivity index is 2.21. The maximum atomic E-state index is 11.6. The van der Waals surface area contributed by atoms with Gasteiger partial charge in [-0.15, -0.1) is 0 Å². The van der Waals surface area contributed by atoms with Crippen molar-refractivity contribution in [2.75, 3.05) is 12.3 Å². The van der Waals surface area contributed by atoms with Crippen LogP contribution in [0.15, 0.2) is 42.5 Å². The van der Waals surface area contributed by atoms with Gasteiger partial charge < -0.3 is 25.9 Å². The number of carboxylic acid groups (broad SMARTS) is 1. The first-order chi connectivity index (χ1) is 12.9. The van der Waals surface area contributed by atoms with E-state index in [4.69, 9.17) is 21.3 Å². The van der Waals surface area contributed by atoms with Crippen LogP contribution in [0, 0.1) is 6.92 Å². The van der Waals surface area contributed by atoms with Gasteiger partial charge in [0, 0.05) is 29.4 Å². The average molecular weight is 367 g/mol. The molecule has 0 fully saturated rings. The summed E-state index contributed by atoms with van der Waals surface area (Å²) < 4.78 is 7.49. The third-order valence-electron chi connectivity index (χ3n) is 4.42. The zero-order valence-corrected chi connectivity index (χ0v) is 14.9. The molecule has 0 atom stereocenters. The second-order valence-electron chi connectivity index (χ2n) is 6.37. The minimum Gasteiger partial charge on any atom is -0.481 e. The summed E-state index contributed by atoms with van der Waals surface area (Å²) in [6, 6.07) is 13.2. The molecule has 7 heteroatoms. The van der Waals surface area contributed by atoms with Crippen LogP contribution in [0.2, 0.25) is 0 Å². The van der Waals surface area contributed by atoms with E-state index in [2.05, 4.69) is 0 Å². The number of ether oxygens (including phenoxy) is 1. The largest absolute Gasteiger partial charge is 0.481 e. The zero-order valence-electron chi connectivity index (χ0n) is 14.9. The smallest absolute Gasteiger partial charge is 0.341 e. The predicted octanol–water partition coefficient (Wildman–Crippen LogP) is 2.07. The van der Waals surface area contributed by atoms with E-state index in [0.717, 1.165) is 16.8 Å². The fraction of sp³-hybridized carbons (Fsp3) is 0.200. The first-order valence-corrected chi connectivity index (χ1v) is 8.45. The molecule has 3 rings (SSSR count). The zero-order chi connectivity index (χ0) is 19.6. The first kappa shape index (κ1) is 18.3. The molecule has 1 amide bonds. The summed E-state index contributed by atoms with van der Waals surface area (Å²) in [7, 11) is 0. The summed E-state index contributed by atoms with van der Waals surface area (Å²) in [4.78, 5) is 22.6. The first-order valence-electron chi connectivity index (χ1n) is 8.45. The number of benzene rings is 2. The number of hydrogen-bond acceptors (Lipinski definition) is 4. The molecule has 0 radical (unpaired) electrons. The van der Waals surface area contributed by atoms with Crippen molar-refractivity contribution in [1.82, 2.24) is 4.57 Å². The van der Waals surface area contributed by atoms with E-state index < -0.39 is 18.5 Å². The maximum Gasteiger partial charge on any atom is 0.341 e. The lowest BCUT2D eigenvalue weighted by molar-refractivity contribution is -0.139. The lowest BCUT2D eigenvalue weighted by Crippen LogP contribution is -2.15. The summed E-state index contributed by atoms with van der Waals surface area (Å²) >= 11 is 0. The van der Waals surface area contributed by atoms with Crippen molar-refractivity contribution in [1.29, 1.82) is 0 Å². The van der Waals surface area contributed by atoms with E-state index in [1.165, 1.54) is 0 Å². The van der Waals surface area contributed by atoms with E-state index in [0.29, 0.717) is 28.9 Å². The number of nitrogens with zero attached hydrogens (tertiary/aromatic N) is 1. The summed E-state index contributed by atoms with van der Waals surface area (Å²) in [5.41, 5.74) is 15.3. The molecule has 2 aromatic carbocycles. The van der Waals surface area contributed by atoms with Gasteiger partial charge >= 0.3 is 5.97 Å². The van der Waals surface area contributed by atoms with Gasteiger partial charge in [0.05, 0.1) is 11.9 Å². The molecule has 7 nitrogen and oxygen atoms in total. The molecule has 3 aromatic rings. The number of primary amides is 1. The molecule has 0 bridgehead atoms. The minimum atomic E-state index is -1.09. The Morgan fingerprint density at radius 2 is 1.89 bits per heavy atom. The number of fused-ring (bicyclic) bond motifs is 1. The fourth-order valence-electron chi connectivity index (χ4n) is 3.28. The molecule has 5 N–H and O–H groups in total. The van der Waals surface area contributed by atoms with Gasteiger partial charge in [-0.1, -0.05) is 30.3 Å². The summed E-state index contributed by atoms with van der Waals surface area (Å²) in [5, 5.41) is 9.61. The predicted molar refractivity (Wildman–Crippen MR) is 103 cm³/mol. The molecule has 0 saturated carbocycles. The van der Waals surface area contributed by atoms with Crippen LogP contribution in [0.1, 0.15) is 16.8 Å². The van der Waals surface area contributed by atoms with Gasteiger partial charge in [0.2, 0.25) is 5.91 Å². The van der Waals surface area contributed by atoms with Crippen molar-refractivity contribution in [3.8, 4) is 5.75 Å². The number of carbonyl (C=O) groups excluding carboxylic acids is 1. The number of hydrogen-bond donors (Lipinski definition) is 3. The molecule has 0 spiro atoms. The summed E-state index contributed by atoms with van der Waals surface area (Å²) in [6.07, 6.45) is 0.0253. The van der Waals surface area contributed by atoms with Gasteiger partial charge in [-0.05, 0) is 24.1 Å². The van der Waals surface area contributed by atoms with Crippen LogP contribution in [0.4, 0.5) is 5.69 Å². The highest BCUT2D eigenvalue weighted by molar-refractivity contribution is 5.96. The van der Waals surface area contributed by atoms with Gasteiger partial charge in [-0.2, -0.15) is 0 Å². The Morgan fingerprint density at radius 3 is 2.52 bits per heavy atom. The second kappa shape index (κ2) is 7.41. The number of aliphatic carboxylic acids is 1. The standard InChI is InChI=1S/C20H21N3O4/c1-12-15(9-18(22)24)20-16(23(12)10-13-5-3-2-4-6-13)7-14(21)8-17(20)27-11-19(25)26/h2-8H,9-11,21H2,1H3,(H2,22,24)(H,25,26). The monoisotopic (exact) mass is 367 g/mol. The highest BCUT2D eigenvalue weighted by Crippen LogP contribution is 2.36. The summed E-state index contributed by atoms with van der Waals surface area (Å²) in [5.74, 6) is -1.24. The van der Waals surface area contributed by atoms with E-state index in [-0.39, 0.29) is 6.42 Å². The lowest BCUT2D eigenvalue weighted by atomic mass is 10.1. The number of anilines is 1. The van der Waals surface area contributed by atoms with E-state index in [1.807, 2.05) is 41.8 Å². The average Bonchev–Trinajstić information content (AvgIpc) is 2.85. The molecule has 0 aliphatic rings. The van der Waals surface area contributed by atoms with Crippen LogP contribution in [-0.4, -0.2) is 28.2 Å². The number of aromatic nitrogens is 1. The van der Waals surface area contributed by atoms with E-state index >= 15 is 0 Å². The highest BCUT2D eigenvalue weighted by atomic mass is 16.5. The molecule has 0 aliphatic carbocycles. The second-order valence-corrected chi connectivity index (χ2v) is 6.37. The Morgan fingerprint density at radius 1 is 1.19 bits per heavy atom. The van der Waals surface area contributed by atoms with Crippen molar-refractivity contribution in [2.24, 2.45) is 5.73 Å². The van der Waals surface area contributed by atoms with Gasteiger partial charge in [0.25, 0.3) is 0 Å². The molecule has 27 heavy (non-hydrogen) atoms. The fourth-order valence-corrected chi connectivity index (χ4v) is 3.28. The molecule has 0 unspecified atom stereocenters. The number of rotatable bonds is 7. The minimum absolute atomic E-state index is 0.0253. The molecule has 1 aromatic heterocycles. The molecule has 140 valence electrons. The Hall–Kier alpha value is -3.48. The van der Waals surface area contributed by atoms with Crippen LogP contribution in [0.5, 0.6) is 5.75 Å². The van der Waals surface area contributed by atoms with Gasteiger partial charge in [-0.25, -0.2) is 4.79 Å². The van der Waals surface area contributed by atoms with Crippen LogP contribution in [-0.2, 0) is 22.6 Å².